The Morgan fingerprint density at radius 3 is 2.71 bits per heavy atom. The lowest BCUT2D eigenvalue weighted by Gasteiger charge is -2.25. The predicted octanol–water partition coefficient (Wildman–Crippen LogP) is 2.34. The standard InChI is InChI=1S/C14H13ClN2O4/c15-9-3-1-8(2-4-9)12-11(18)5-6-17(12)14-16-10(7-21-14)13(19)20/h1-4,7,11-12,18H,5-6H2,(H,19,20)/t11-,12-/m1/s1. The van der Waals surface area contributed by atoms with Crippen molar-refractivity contribution in [2.45, 2.75) is 18.6 Å². The number of rotatable bonds is 3. The van der Waals surface area contributed by atoms with Crippen LogP contribution < -0.4 is 4.90 Å². The van der Waals surface area contributed by atoms with Crippen molar-refractivity contribution in [2.24, 2.45) is 0 Å². The average molecular weight is 309 g/mol. The summed E-state index contributed by atoms with van der Waals surface area (Å²) < 4.78 is 5.23. The van der Waals surface area contributed by atoms with E-state index in [0.29, 0.717) is 18.0 Å². The van der Waals surface area contributed by atoms with Crippen LogP contribution >= 0.6 is 11.6 Å². The van der Waals surface area contributed by atoms with E-state index in [1.165, 1.54) is 0 Å². The van der Waals surface area contributed by atoms with Gasteiger partial charge in [-0.3, -0.25) is 0 Å². The minimum Gasteiger partial charge on any atom is -0.476 e. The quantitative estimate of drug-likeness (QED) is 0.905. The molecule has 0 aliphatic carbocycles. The second kappa shape index (κ2) is 5.38. The first-order valence-corrected chi connectivity index (χ1v) is 6.83. The maximum Gasteiger partial charge on any atom is 0.357 e. The van der Waals surface area contributed by atoms with Gasteiger partial charge in [0.05, 0.1) is 12.1 Å². The first kappa shape index (κ1) is 13.9. The van der Waals surface area contributed by atoms with E-state index in [1.807, 2.05) is 12.1 Å². The van der Waals surface area contributed by atoms with Crippen LogP contribution in [0.4, 0.5) is 6.01 Å². The maximum atomic E-state index is 10.9. The summed E-state index contributed by atoms with van der Waals surface area (Å²) in [6.45, 7) is 0.536. The Balaban J connectivity index is 1.93. The number of benzene rings is 1. The molecular weight excluding hydrogens is 296 g/mol. The van der Waals surface area contributed by atoms with Crippen LogP contribution in [0.15, 0.2) is 34.9 Å². The summed E-state index contributed by atoms with van der Waals surface area (Å²) in [5.74, 6) is -1.15. The summed E-state index contributed by atoms with van der Waals surface area (Å²) in [7, 11) is 0. The molecule has 110 valence electrons. The number of aliphatic hydroxyl groups excluding tert-OH is 1. The fraction of sp³-hybridized carbons (Fsp3) is 0.286. The van der Waals surface area contributed by atoms with E-state index in [-0.39, 0.29) is 17.8 Å². The Labute approximate surface area is 125 Å². The minimum absolute atomic E-state index is 0.152. The lowest BCUT2D eigenvalue weighted by Crippen LogP contribution is -2.27. The van der Waals surface area contributed by atoms with E-state index in [0.717, 1.165) is 11.8 Å². The van der Waals surface area contributed by atoms with Crippen molar-refractivity contribution in [3.63, 3.8) is 0 Å². The van der Waals surface area contributed by atoms with E-state index in [1.54, 1.807) is 17.0 Å². The van der Waals surface area contributed by atoms with Crippen molar-refractivity contribution in [2.75, 3.05) is 11.4 Å². The van der Waals surface area contributed by atoms with Crippen LogP contribution in [-0.2, 0) is 0 Å². The molecule has 2 atom stereocenters. The van der Waals surface area contributed by atoms with Gasteiger partial charge in [0.15, 0.2) is 5.69 Å². The molecule has 7 heteroatoms. The van der Waals surface area contributed by atoms with Gasteiger partial charge in [-0.2, -0.15) is 4.98 Å². The number of carbonyl (C=O) groups is 1. The SMILES string of the molecule is O=C(O)c1coc(N2CC[C@@H](O)[C@H]2c2ccc(Cl)cc2)n1. The average Bonchev–Trinajstić information content (AvgIpc) is 3.06. The molecule has 2 heterocycles. The van der Waals surface area contributed by atoms with Crippen LogP contribution in [0.1, 0.15) is 28.5 Å². The van der Waals surface area contributed by atoms with Crippen molar-refractivity contribution >= 4 is 23.6 Å². The second-order valence-electron chi connectivity index (χ2n) is 4.87. The summed E-state index contributed by atoms with van der Waals surface area (Å²) in [5, 5.41) is 19.7. The lowest BCUT2D eigenvalue weighted by atomic mass is 10.0. The van der Waals surface area contributed by atoms with Gasteiger partial charge in [-0.15, -0.1) is 0 Å². The van der Waals surface area contributed by atoms with Gasteiger partial charge in [0.2, 0.25) is 0 Å². The van der Waals surface area contributed by atoms with Crippen molar-refractivity contribution in [3.8, 4) is 0 Å². The van der Waals surface area contributed by atoms with Crippen molar-refractivity contribution in [3.05, 3.63) is 46.8 Å². The number of aromatic carboxylic acids is 1. The molecule has 6 nitrogen and oxygen atoms in total. The highest BCUT2D eigenvalue weighted by atomic mass is 35.5. The van der Waals surface area contributed by atoms with Crippen molar-refractivity contribution in [1.29, 1.82) is 0 Å². The Kier molecular flexibility index (Phi) is 3.57. The third-order valence-corrected chi connectivity index (χ3v) is 3.79. The molecule has 1 aliphatic heterocycles. The van der Waals surface area contributed by atoms with Crippen molar-refractivity contribution in [1.82, 2.24) is 4.98 Å². The summed E-state index contributed by atoms with van der Waals surface area (Å²) in [6.07, 6.45) is 1.07. The van der Waals surface area contributed by atoms with E-state index >= 15 is 0 Å². The molecule has 1 aromatic carbocycles. The van der Waals surface area contributed by atoms with E-state index in [4.69, 9.17) is 21.1 Å². The van der Waals surface area contributed by atoms with E-state index in [2.05, 4.69) is 4.98 Å². The lowest BCUT2D eigenvalue weighted by molar-refractivity contribution is 0.0690. The molecule has 0 radical (unpaired) electrons. The first-order valence-electron chi connectivity index (χ1n) is 6.45. The molecule has 1 saturated heterocycles. The summed E-state index contributed by atoms with van der Waals surface area (Å²) >= 11 is 5.87. The summed E-state index contributed by atoms with van der Waals surface area (Å²) in [5.41, 5.74) is 0.723. The summed E-state index contributed by atoms with van der Waals surface area (Å²) in [6, 6.07) is 7.02. The number of aliphatic hydroxyl groups is 1. The van der Waals surface area contributed by atoms with Crippen molar-refractivity contribution < 1.29 is 19.4 Å². The van der Waals surface area contributed by atoms with Gasteiger partial charge in [0.25, 0.3) is 6.01 Å². The molecule has 0 unspecified atom stereocenters. The molecule has 0 amide bonds. The highest BCUT2D eigenvalue weighted by molar-refractivity contribution is 6.30. The molecule has 21 heavy (non-hydrogen) atoms. The maximum absolute atomic E-state index is 10.9. The van der Waals surface area contributed by atoms with E-state index < -0.39 is 12.1 Å². The fourth-order valence-electron chi connectivity index (χ4n) is 2.55. The van der Waals surface area contributed by atoms with Gasteiger partial charge in [0.1, 0.15) is 6.26 Å². The van der Waals surface area contributed by atoms with Crippen LogP contribution in [-0.4, -0.2) is 33.8 Å². The van der Waals surface area contributed by atoms with Crippen LogP contribution in [0.2, 0.25) is 5.02 Å². The predicted molar refractivity (Wildman–Crippen MR) is 75.6 cm³/mol. The largest absolute Gasteiger partial charge is 0.476 e. The Bertz CT molecular complexity index is 655. The van der Waals surface area contributed by atoms with Gasteiger partial charge in [-0.05, 0) is 24.1 Å². The Morgan fingerprint density at radius 2 is 2.10 bits per heavy atom. The number of hydrogen-bond donors (Lipinski definition) is 2. The van der Waals surface area contributed by atoms with Gasteiger partial charge in [-0.1, -0.05) is 23.7 Å². The molecule has 1 aromatic heterocycles. The molecule has 0 bridgehead atoms. The second-order valence-corrected chi connectivity index (χ2v) is 5.30. The number of hydrogen-bond acceptors (Lipinski definition) is 5. The topological polar surface area (TPSA) is 86.8 Å². The normalized spacial score (nSPS) is 21.7. The third kappa shape index (κ3) is 2.59. The molecule has 3 rings (SSSR count). The van der Waals surface area contributed by atoms with Gasteiger partial charge in [0, 0.05) is 11.6 Å². The zero-order valence-corrected chi connectivity index (χ0v) is 11.7. The van der Waals surface area contributed by atoms with Crippen LogP contribution in [0.5, 0.6) is 0 Å². The van der Waals surface area contributed by atoms with E-state index in [9.17, 15) is 9.90 Å². The molecule has 0 saturated carbocycles. The van der Waals surface area contributed by atoms with Gasteiger partial charge >= 0.3 is 5.97 Å². The number of carboxylic acid groups (broad SMARTS) is 1. The monoisotopic (exact) mass is 308 g/mol. The molecule has 2 N–H and O–H groups in total. The van der Waals surface area contributed by atoms with Crippen LogP contribution in [0.25, 0.3) is 0 Å². The zero-order valence-electron chi connectivity index (χ0n) is 10.9. The Hall–Kier alpha value is -2.05. The number of anilines is 1. The fourth-order valence-corrected chi connectivity index (χ4v) is 2.67. The number of halogens is 1. The number of aromatic nitrogens is 1. The number of carboxylic acids is 1. The molecule has 2 aromatic rings. The highest BCUT2D eigenvalue weighted by Gasteiger charge is 2.36. The van der Waals surface area contributed by atoms with Gasteiger partial charge < -0.3 is 19.5 Å². The van der Waals surface area contributed by atoms with Gasteiger partial charge in [-0.25, -0.2) is 4.79 Å². The van der Waals surface area contributed by atoms with Crippen LogP contribution in [0, 0.1) is 0 Å². The van der Waals surface area contributed by atoms with Crippen LogP contribution in [0.3, 0.4) is 0 Å². The minimum atomic E-state index is -1.15. The smallest absolute Gasteiger partial charge is 0.357 e. The molecule has 0 spiro atoms. The Morgan fingerprint density at radius 1 is 1.38 bits per heavy atom. The molecular formula is C14H13ClN2O4. The number of nitrogens with zero attached hydrogens (tertiary/aromatic N) is 2. The zero-order chi connectivity index (χ0) is 15.0. The summed E-state index contributed by atoms with van der Waals surface area (Å²) in [4.78, 5) is 16.6. The first-order chi connectivity index (χ1) is 10.1. The third-order valence-electron chi connectivity index (χ3n) is 3.53. The molecule has 1 aliphatic rings. The molecule has 1 fully saturated rings. The number of oxazole rings is 1. The highest BCUT2D eigenvalue weighted by Crippen LogP contribution is 2.36.